The topological polar surface area (TPSA) is 104 Å². The summed E-state index contributed by atoms with van der Waals surface area (Å²) in [5, 5.41) is 9.83. The number of rotatable bonds is 9. The van der Waals surface area contributed by atoms with E-state index in [-0.39, 0.29) is 17.9 Å². The number of hydrogen-bond acceptors (Lipinski definition) is 6. The number of hydrogen-bond donors (Lipinski definition) is 2. The van der Waals surface area contributed by atoms with Gasteiger partial charge < -0.3 is 20.1 Å². The van der Waals surface area contributed by atoms with Crippen molar-refractivity contribution in [2.24, 2.45) is 0 Å². The highest BCUT2D eigenvalue weighted by Gasteiger charge is 2.22. The third kappa shape index (κ3) is 7.36. The van der Waals surface area contributed by atoms with Gasteiger partial charge in [0.25, 0.3) is 0 Å². The molecule has 0 aliphatic carbocycles. The van der Waals surface area contributed by atoms with E-state index in [0.29, 0.717) is 63.9 Å². The zero-order valence-corrected chi connectivity index (χ0v) is 18.3. The van der Waals surface area contributed by atoms with E-state index < -0.39 is 0 Å². The molecule has 0 bridgehead atoms. The van der Waals surface area contributed by atoms with E-state index in [4.69, 9.17) is 4.52 Å². The molecule has 168 valence electrons. The summed E-state index contributed by atoms with van der Waals surface area (Å²) < 4.78 is 5.21. The van der Waals surface area contributed by atoms with E-state index in [1.165, 1.54) is 0 Å². The van der Waals surface area contributed by atoms with Gasteiger partial charge in [0.05, 0.1) is 6.54 Å². The van der Waals surface area contributed by atoms with Gasteiger partial charge in [-0.15, -0.1) is 0 Å². The Hall–Kier alpha value is -2.94. The van der Waals surface area contributed by atoms with Crippen LogP contribution < -0.4 is 10.6 Å². The van der Waals surface area contributed by atoms with Crippen molar-refractivity contribution < 1.29 is 14.1 Å². The predicted molar refractivity (Wildman–Crippen MR) is 116 cm³/mol. The van der Waals surface area contributed by atoms with Gasteiger partial charge in [0.15, 0.2) is 5.82 Å². The molecule has 0 spiro atoms. The summed E-state index contributed by atoms with van der Waals surface area (Å²) in [6.45, 7) is 8.07. The minimum atomic E-state index is -0.0680. The third-order valence-corrected chi connectivity index (χ3v) is 5.20. The Labute approximate surface area is 183 Å². The van der Waals surface area contributed by atoms with Crippen molar-refractivity contribution in [1.82, 2.24) is 30.6 Å². The Morgan fingerprint density at radius 2 is 1.84 bits per heavy atom. The van der Waals surface area contributed by atoms with Crippen molar-refractivity contribution in [2.75, 3.05) is 39.3 Å². The molecule has 2 heterocycles. The summed E-state index contributed by atoms with van der Waals surface area (Å²) in [6.07, 6.45) is 1.39. The van der Waals surface area contributed by atoms with Gasteiger partial charge in [0.1, 0.15) is 0 Å². The standard InChI is InChI=1S/C22H32N6O3/c1-17(2)21-25-20(31-26-21)9-6-10-23-22(30)28-13-11-27(12-14-28)16-19(29)24-15-18-7-4-3-5-8-18/h3-5,7-8,17H,6,9-16H2,1-2H3,(H,23,30)(H,24,29). The monoisotopic (exact) mass is 428 g/mol. The van der Waals surface area contributed by atoms with Gasteiger partial charge in [-0.05, 0) is 12.0 Å². The van der Waals surface area contributed by atoms with Gasteiger partial charge in [-0.1, -0.05) is 49.3 Å². The molecule has 0 saturated carbocycles. The molecular formula is C22H32N6O3. The molecule has 3 amide bonds. The number of nitrogens with one attached hydrogen (secondary N) is 2. The summed E-state index contributed by atoms with van der Waals surface area (Å²) in [5.74, 6) is 1.57. The van der Waals surface area contributed by atoms with Crippen molar-refractivity contribution in [3.8, 4) is 0 Å². The van der Waals surface area contributed by atoms with Crippen LogP contribution in [-0.4, -0.2) is 71.1 Å². The van der Waals surface area contributed by atoms with Crippen LogP contribution >= 0.6 is 0 Å². The van der Waals surface area contributed by atoms with E-state index >= 15 is 0 Å². The first-order chi connectivity index (χ1) is 15.0. The summed E-state index contributed by atoms with van der Waals surface area (Å²) >= 11 is 0. The molecule has 1 aliphatic rings. The molecule has 0 atom stereocenters. The fraction of sp³-hybridized carbons (Fsp3) is 0.545. The van der Waals surface area contributed by atoms with Crippen LogP contribution in [0.1, 0.15) is 43.5 Å². The Bertz CT molecular complexity index is 831. The van der Waals surface area contributed by atoms with E-state index in [1.807, 2.05) is 44.2 Å². The van der Waals surface area contributed by atoms with Crippen LogP contribution in [0.25, 0.3) is 0 Å². The average Bonchev–Trinajstić information content (AvgIpc) is 3.26. The largest absolute Gasteiger partial charge is 0.351 e. The molecule has 0 radical (unpaired) electrons. The number of carbonyl (C=O) groups excluding carboxylic acids is 2. The molecule has 2 N–H and O–H groups in total. The smallest absolute Gasteiger partial charge is 0.317 e. The van der Waals surface area contributed by atoms with Crippen LogP contribution in [0.15, 0.2) is 34.9 Å². The SMILES string of the molecule is CC(C)c1noc(CCCNC(=O)N2CCN(CC(=O)NCc3ccccc3)CC2)n1. The number of piperazine rings is 1. The first-order valence-electron chi connectivity index (χ1n) is 10.9. The normalized spacial score (nSPS) is 14.6. The van der Waals surface area contributed by atoms with E-state index in [1.54, 1.807) is 4.90 Å². The lowest BCUT2D eigenvalue weighted by Gasteiger charge is -2.34. The molecule has 1 saturated heterocycles. The van der Waals surface area contributed by atoms with Crippen LogP contribution in [0, 0.1) is 0 Å². The van der Waals surface area contributed by atoms with Crippen LogP contribution in [0.4, 0.5) is 4.79 Å². The van der Waals surface area contributed by atoms with Crippen LogP contribution in [0.3, 0.4) is 0 Å². The maximum Gasteiger partial charge on any atom is 0.317 e. The van der Waals surface area contributed by atoms with E-state index in [0.717, 1.165) is 12.0 Å². The van der Waals surface area contributed by atoms with Gasteiger partial charge in [-0.25, -0.2) is 4.79 Å². The Morgan fingerprint density at radius 1 is 1.10 bits per heavy atom. The number of amides is 3. The first kappa shape index (κ1) is 22.7. The molecule has 1 aliphatic heterocycles. The maximum atomic E-state index is 12.4. The fourth-order valence-electron chi connectivity index (χ4n) is 3.32. The third-order valence-electron chi connectivity index (χ3n) is 5.20. The first-order valence-corrected chi connectivity index (χ1v) is 10.9. The number of nitrogens with zero attached hydrogens (tertiary/aromatic N) is 4. The number of carbonyl (C=O) groups is 2. The van der Waals surface area contributed by atoms with Crippen LogP contribution in [-0.2, 0) is 17.8 Å². The molecule has 1 fully saturated rings. The quantitative estimate of drug-likeness (QED) is 0.590. The summed E-state index contributed by atoms with van der Waals surface area (Å²) in [5.41, 5.74) is 1.08. The van der Waals surface area contributed by atoms with Crippen molar-refractivity contribution in [2.45, 2.75) is 39.2 Å². The summed E-state index contributed by atoms with van der Waals surface area (Å²) in [7, 11) is 0. The van der Waals surface area contributed by atoms with Crippen LogP contribution in [0.5, 0.6) is 0 Å². The second-order valence-electron chi connectivity index (χ2n) is 8.06. The number of aromatic nitrogens is 2. The highest BCUT2D eigenvalue weighted by molar-refractivity contribution is 5.78. The predicted octanol–water partition coefficient (Wildman–Crippen LogP) is 1.77. The number of benzene rings is 1. The van der Waals surface area contributed by atoms with Gasteiger partial charge >= 0.3 is 6.03 Å². The lowest BCUT2D eigenvalue weighted by molar-refractivity contribution is -0.122. The van der Waals surface area contributed by atoms with Crippen molar-refractivity contribution in [3.05, 3.63) is 47.6 Å². The molecule has 31 heavy (non-hydrogen) atoms. The average molecular weight is 429 g/mol. The molecular weight excluding hydrogens is 396 g/mol. The van der Waals surface area contributed by atoms with E-state index in [2.05, 4.69) is 25.7 Å². The number of aryl methyl sites for hydroxylation is 1. The van der Waals surface area contributed by atoms with Crippen molar-refractivity contribution in [1.29, 1.82) is 0 Å². The molecule has 1 aromatic carbocycles. The van der Waals surface area contributed by atoms with Gasteiger partial charge in [0, 0.05) is 51.6 Å². The van der Waals surface area contributed by atoms with Gasteiger partial charge in [0.2, 0.25) is 11.8 Å². The molecule has 3 rings (SSSR count). The second-order valence-corrected chi connectivity index (χ2v) is 8.06. The zero-order valence-electron chi connectivity index (χ0n) is 18.3. The Balaban J connectivity index is 1.28. The Kier molecular flexibility index (Phi) is 8.40. The van der Waals surface area contributed by atoms with Crippen LogP contribution in [0.2, 0.25) is 0 Å². The molecule has 9 nitrogen and oxygen atoms in total. The molecule has 9 heteroatoms. The van der Waals surface area contributed by atoms with E-state index in [9.17, 15) is 9.59 Å². The molecule has 1 aromatic heterocycles. The highest BCUT2D eigenvalue weighted by atomic mass is 16.5. The summed E-state index contributed by atoms with van der Waals surface area (Å²) in [6, 6.07) is 9.78. The lowest BCUT2D eigenvalue weighted by atomic mass is 10.2. The molecule has 2 aromatic rings. The lowest BCUT2D eigenvalue weighted by Crippen LogP contribution is -2.53. The summed E-state index contributed by atoms with van der Waals surface area (Å²) in [4.78, 5) is 32.7. The number of urea groups is 1. The Morgan fingerprint density at radius 3 is 2.52 bits per heavy atom. The highest BCUT2D eigenvalue weighted by Crippen LogP contribution is 2.10. The zero-order chi connectivity index (χ0) is 22.1. The minimum absolute atomic E-state index is 0.00315. The molecule has 0 unspecified atom stereocenters. The maximum absolute atomic E-state index is 12.4. The second kappa shape index (κ2) is 11.5. The van der Waals surface area contributed by atoms with Gasteiger partial charge in [-0.2, -0.15) is 4.98 Å². The van der Waals surface area contributed by atoms with Gasteiger partial charge in [-0.3, -0.25) is 9.69 Å². The van der Waals surface area contributed by atoms with Crippen molar-refractivity contribution in [3.63, 3.8) is 0 Å². The minimum Gasteiger partial charge on any atom is -0.351 e. The fourth-order valence-corrected chi connectivity index (χ4v) is 3.32. The van der Waals surface area contributed by atoms with Crippen molar-refractivity contribution >= 4 is 11.9 Å².